The molecule has 6 nitrogen and oxygen atoms in total. The van der Waals surface area contributed by atoms with E-state index >= 15 is 0 Å². The summed E-state index contributed by atoms with van der Waals surface area (Å²) in [5, 5.41) is 2.57. The van der Waals surface area contributed by atoms with Gasteiger partial charge in [-0.25, -0.2) is 4.98 Å². The predicted molar refractivity (Wildman–Crippen MR) is 254 cm³/mol. The lowest BCUT2D eigenvalue weighted by molar-refractivity contribution is 1.14. The van der Waals surface area contributed by atoms with Gasteiger partial charge in [0, 0.05) is 71.2 Å². The van der Waals surface area contributed by atoms with Crippen LogP contribution in [-0.2, 0) is 0 Å². The molecule has 4 aromatic heterocycles. The lowest BCUT2D eigenvalue weighted by Crippen LogP contribution is -2.09. The summed E-state index contributed by atoms with van der Waals surface area (Å²) in [7, 11) is 0. The molecule has 0 amide bonds. The first-order chi connectivity index (χ1) is 29.1. The Bertz CT molecular complexity index is 2480. The molecule has 9 aromatic rings. The standard InChI is InChI=1S/C20H17N.C14H11N.2C7H7N.C5H6N2/c1-2-17-13-15-20(16-14-17)21(18-9-5-3-6-10-18)19-11-7-4-8-12-19;1-2-15-13-9-5-3-7-11(13)12-8-4-6-10-14(12)15;1-2-7-3-5-8-6-4-7;1-2-7-5-3-4-6-8-7;1-2-7-4-3-6-5-7/h2-16H,1H2;2-10H,1H2;2*2-6H,1H2;2-5H,1H2. The Morgan fingerprint density at radius 1 is 0.424 bits per heavy atom. The minimum atomic E-state index is 0.924. The number of benzene rings is 5. The Kier molecular flexibility index (Phi) is 16.5. The Balaban J connectivity index is 0.000000151. The molecule has 0 fully saturated rings. The van der Waals surface area contributed by atoms with Crippen molar-refractivity contribution in [3.63, 3.8) is 0 Å². The summed E-state index contributed by atoms with van der Waals surface area (Å²) in [6, 6.07) is 55.5. The normalized spacial score (nSPS) is 9.69. The maximum Gasteiger partial charge on any atom is 0.0986 e. The van der Waals surface area contributed by atoms with Crippen LogP contribution in [-0.4, -0.2) is 24.1 Å². The third-order valence-electron chi connectivity index (χ3n) is 8.79. The van der Waals surface area contributed by atoms with Crippen molar-refractivity contribution in [2.45, 2.75) is 0 Å². The van der Waals surface area contributed by atoms with E-state index in [-0.39, 0.29) is 0 Å². The van der Waals surface area contributed by atoms with Gasteiger partial charge in [-0.1, -0.05) is 136 Å². The number of hydrogen-bond acceptors (Lipinski definition) is 4. The highest BCUT2D eigenvalue weighted by atomic mass is 15.1. The number of para-hydroxylation sites is 4. The van der Waals surface area contributed by atoms with Crippen molar-refractivity contribution in [1.29, 1.82) is 0 Å². The average molecular weight is 769 g/mol. The van der Waals surface area contributed by atoms with E-state index < -0.39 is 0 Å². The third-order valence-corrected chi connectivity index (χ3v) is 8.79. The summed E-state index contributed by atoms with van der Waals surface area (Å²) in [5.74, 6) is 0. The van der Waals surface area contributed by atoms with Crippen molar-refractivity contribution in [2.75, 3.05) is 4.90 Å². The molecule has 9 rings (SSSR count). The van der Waals surface area contributed by atoms with Crippen LogP contribution in [0.25, 0.3) is 52.4 Å². The van der Waals surface area contributed by atoms with Crippen LogP contribution in [0.1, 0.15) is 16.8 Å². The third kappa shape index (κ3) is 12.2. The first-order valence-electron chi connectivity index (χ1n) is 19.0. The largest absolute Gasteiger partial charge is 0.317 e. The van der Waals surface area contributed by atoms with Crippen LogP contribution in [0.3, 0.4) is 0 Å². The predicted octanol–water partition coefficient (Wildman–Crippen LogP) is 14.1. The lowest BCUT2D eigenvalue weighted by Gasteiger charge is -2.25. The molecule has 5 aromatic carbocycles. The highest BCUT2D eigenvalue weighted by Crippen LogP contribution is 2.34. The minimum Gasteiger partial charge on any atom is -0.317 e. The average Bonchev–Trinajstić information content (AvgIpc) is 3.98. The maximum atomic E-state index is 3.98. The van der Waals surface area contributed by atoms with Crippen LogP contribution in [0.15, 0.2) is 234 Å². The fraction of sp³-hybridized carbons (Fsp3) is 0. The van der Waals surface area contributed by atoms with Gasteiger partial charge in [0.2, 0.25) is 0 Å². The summed E-state index contributed by atoms with van der Waals surface area (Å²) in [4.78, 5) is 13.9. The number of nitrogens with zero attached hydrogens (tertiary/aromatic N) is 6. The highest BCUT2D eigenvalue weighted by molar-refractivity contribution is 6.09. The quantitative estimate of drug-likeness (QED) is 0.154. The molecule has 0 N–H and O–H groups in total. The zero-order valence-corrected chi connectivity index (χ0v) is 33.2. The van der Waals surface area contributed by atoms with Gasteiger partial charge in [-0.3, -0.25) is 9.97 Å². The fourth-order valence-electron chi connectivity index (χ4n) is 5.88. The monoisotopic (exact) mass is 768 g/mol. The number of rotatable bonds is 8. The molecule has 0 atom stereocenters. The summed E-state index contributed by atoms with van der Waals surface area (Å²) < 4.78 is 3.91. The van der Waals surface area contributed by atoms with Gasteiger partial charge < -0.3 is 14.0 Å². The lowest BCUT2D eigenvalue weighted by atomic mass is 10.1. The van der Waals surface area contributed by atoms with E-state index in [0.29, 0.717) is 0 Å². The van der Waals surface area contributed by atoms with Crippen molar-refractivity contribution < 1.29 is 0 Å². The molecule has 0 bridgehead atoms. The Morgan fingerprint density at radius 3 is 1.34 bits per heavy atom. The molecule has 0 aliphatic heterocycles. The van der Waals surface area contributed by atoms with E-state index in [0.717, 1.165) is 33.9 Å². The van der Waals surface area contributed by atoms with Gasteiger partial charge in [0.05, 0.1) is 23.1 Å². The van der Waals surface area contributed by atoms with Gasteiger partial charge in [-0.05, 0) is 90.0 Å². The van der Waals surface area contributed by atoms with Gasteiger partial charge in [-0.2, -0.15) is 0 Å². The van der Waals surface area contributed by atoms with E-state index in [1.807, 2.05) is 60.9 Å². The molecule has 0 saturated carbocycles. The first kappa shape index (κ1) is 42.1. The molecule has 0 radical (unpaired) electrons. The van der Waals surface area contributed by atoms with Crippen molar-refractivity contribution in [3.05, 3.63) is 251 Å². The number of hydrogen-bond donors (Lipinski definition) is 0. The van der Waals surface area contributed by atoms with Gasteiger partial charge >= 0.3 is 0 Å². The van der Waals surface area contributed by atoms with Gasteiger partial charge in [0.25, 0.3) is 0 Å². The zero-order chi connectivity index (χ0) is 41.5. The van der Waals surface area contributed by atoms with Gasteiger partial charge in [0.1, 0.15) is 0 Å². The van der Waals surface area contributed by atoms with Crippen molar-refractivity contribution >= 4 is 69.5 Å². The van der Waals surface area contributed by atoms with Crippen LogP contribution in [0.2, 0.25) is 0 Å². The summed E-state index contributed by atoms with van der Waals surface area (Å²) in [6.45, 7) is 18.4. The molecule has 290 valence electrons. The Hall–Kier alpha value is -8.09. The van der Waals surface area contributed by atoms with Crippen molar-refractivity contribution in [1.82, 2.24) is 24.1 Å². The molecular weight excluding hydrogens is 721 g/mol. The highest BCUT2D eigenvalue weighted by Gasteiger charge is 2.11. The molecule has 4 heterocycles. The second kappa shape index (κ2) is 23.1. The SMILES string of the molecule is C=Cc1ccc(N(c2ccccc2)c2ccccc2)cc1.C=Cc1ccccn1.C=Cc1ccncc1.C=Cn1c2ccccc2c2ccccc21.C=Cn1ccnc1. The number of imidazole rings is 1. The molecule has 6 heteroatoms. The minimum absolute atomic E-state index is 0.924. The van der Waals surface area contributed by atoms with E-state index in [1.54, 1.807) is 54.0 Å². The van der Waals surface area contributed by atoms with Crippen LogP contribution in [0, 0.1) is 0 Å². The maximum absolute atomic E-state index is 3.98. The zero-order valence-electron chi connectivity index (χ0n) is 33.2. The van der Waals surface area contributed by atoms with E-state index in [1.165, 1.54) is 21.8 Å². The van der Waals surface area contributed by atoms with Crippen molar-refractivity contribution in [3.8, 4) is 0 Å². The van der Waals surface area contributed by atoms with Crippen LogP contribution in [0.4, 0.5) is 17.1 Å². The summed E-state index contributed by atoms with van der Waals surface area (Å²) in [6.07, 6.45) is 19.4. The van der Waals surface area contributed by atoms with E-state index in [2.05, 4.69) is 179 Å². The number of pyridine rings is 2. The first-order valence-corrected chi connectivity index (χ1v) is 19.0. The van der Waals surface area contributed by atoms with Gasteiger partial charge in [-0.15, -0.1) is 0 Å². The Morgan fingerprint density at radius 2 is 0.932 bits per heavy atom. The molecule has 0 unspecified atom stereocenters. The fourth-order valence-corrected chi connectivity index (χ4v) is 5.88. The molecule has 0 aliphatic carbocycles. The van der Waals surface area contributed by atoms with Crippen LogP contribution < -0.4 is 4.90 Å². The molecule has 0 spiro atoms. The Labute approximate surface area is 348 Å². The van der Waals surface area contributed by atoms with E-state index in [4.69, 9.17) is 0 Å². The van der Waals surface area contributed by atoms with Crippen molar-refractivity contribution in [2.24, 2.45) is 0 Å². The molecular formula is C53H48N6. The number of aromatic nitrogens is 5. The smallest absolute Gasteiger partial charge is 0.0986 e. The molecule has 0 aliphatic rings. The second-order valence-electron chi connectivity index (χ2n) is 12.5. The molecule has 59 heavy (non-hydrogen) atoms. The summed E-state index contributed by atoms with van der Waals surface area (Å²) in [5.41, 5.74) is 9.03. The summed E-state index contributed by atoms with van der Waals surface area (Å²) >= 11 is 0. The topological polar surface area (TPSA) is 51.8 Å². The van der Waals surface area contributed by atoms with Crippen LogP contribution in [0.5, 0.6) is 0 Å². The van der Waals surface area contributed by atoms with Gasteiger partial charge in [0.15, 0.2) is 0 Å². The number of fused-ring (bicyclic) bond motifs is 3. The number of anilines is 3. The van der Waals surface area contributed by atoms with Crippen LogP contribution >= 0.6 is 0 Å². The molecule has 0 saturated heterocycles. The second-order valence-corrected chi connectivity index (χ2v) is 12.5. The van der Waals surface area contributed by atoms with E-state index in [9.17, 15) is 0 Å².